The summed E-state index contributed by atoms with van der Waals surface area (Å²) in [5.41, 5.74) is 0.879. The van der Waals surface area contributed by atoms with Crippen LogP contribution in [0.25, 0.3) is 5.69 Å². The molecule has 0 atom stereocenters. The number of carbonyl (C=O) groups excluding carboxylic acids is 2. The summed E-state index contributed by atoms with van der Waals surface area (Å²) in [6.45, 7) is 2.48. The summed E-state index contributed by atoms with van der Waals surface area (Å²) in [5, 5.41) is 9.25. The average molecular weight is 369 g/mol. The normalized spacial score (nSPS) is 10.3. The molecule has 0 unspecified atom stereocenters. The second-order valence-corrected chi connectivity index (χ2v) is 7.32. The molecule has 0 fully saturated rings. The van der Waals surface area contributed by atoms with Crippen LogP contribution in [0.15, 0.2) is 34.7 Å². The number of carbonyl (C=O) groups is 2. The third-order valence-corrected chi connectivity index (χ3v) is 5.01. The van der Waals surface area contributed by atoms with E-state index in [4.69, 9.17) is 12.2 Å². The zero-order valence-corrected chi connectivity index (χ0v) is 14.9. The first-order valence-electron chi connectivity index (χ1n) is 6.96. The van der Waals surface area contributed by atoms with E-state index in [1.54, 1.807) is 4.68 Å². The molecule has 0 saturated carbocycles. The fourth-order valence-corrected chi connectivity index (χ4v) is 3.79. The third kappa shape index (κ3) is 5.45. The van der Waals surface area contributed by atoms with Gasteiger partial charge in [0.2, 0.25) is 5.91 Å². The molecule has 9 heteroatoms. The van der Waals surface area contributed by atoms with E-state index in [-0.39, 0.29) is 11.7 Å². The molecule has 1 aromatic carbocycles. The second-order valence-electron chi connectivity index (χ2n) is 4.47. The number of rotatable bonds is 6. The molecule has 0 spiro atoms. The molecule has 0 aliphatic rings. The van der Waals surface area contributed by atoms with Crippen molar-refractivity contribution in [2.24, 2.45) is 0 Å². The zero-order chi connectivity index (χ0) is 16.7. The molecule has 0 bridgehead atoms. The Morgan fingerprint density at radius 1 is 1.35 bits per heavy atom. The van der Waals surface area contributed by atoms with E-state index in [0.29, 0.717) is 14.8 Å². The van der Waals surface area contributed by atoms with Crippen LogP contribution in [0.3, 0.4) is 0 Å². The quantitative estimate of drug-likeness (QED) is 0.605. The monoisotopic (exact) mass is 368 g/mol. The molecule has 2 aromatic rings. The van der Waals surface area contributed by atoms with Crippen LogP contribution in [0, 0.1) is 3.95 Å². The van der Waals surface area contributed by atoms with Gasteiger partial charge in [-0.2, -0.15) is 0 Å². The number of thioether (sulfide) groups is 1. The number of urea groups is 1. The van der Waals surface area contributed by atoms with Crippen molar-refractivity contribution < 1.29 is 9.59 Å². The first kappa shape index (κ1) is 17.6. The molecule has 2 N–H and O–H groups in total. The van der Waals surface area contributed by atoms with Gasteiger partial charge in [0, 0.05) is 6.54 Å². The van der Waals surface area contributed by atoms with Gasteiger partial charge in [-0.3, -0.25) is 10.1 Å². The van der Waals surface area contributed by atoms with Crippen LogP contribution in [0.4, 0.5) is 4.79 Å². The molecular formula is C14H16N4O2S3. The number of imide groups is 1. The number of hydrogen-bond donors (Lipinski definition) is 2. The minimum absolute atomic E-state index is 0.108. The van der Waals surface area contributed by atoms with Crippen molar-refractivity contribution in [3.05, 3.63) is 34.3 Å². The smallest absolute Gasteiger partial charge is 0.321 e. The lowest BCUT2D eigenvalue weighted by Crippen LogP contribution is -2.40. The van der Waals surface area contributed by atoms with Crippen LogP contribution in [0.1, 0.15) is 13.3 Å². The summed E-state index contributed by atoms with van der Waals surface area (Å²) in [7, 11) is 0. The lowest BCUT2D eigenvalue weighted by Gasteiger charge is -2.04. The van der Waals surface area contributed by atoms with Gasteiger partial charge in [-0.25, -0.2) is 9.48 Å². The Hall–Kier alpha value is -1.71. The van der Waals surface area contributed by atoms with Gasteiger partial charge in [0.25, 0.3) is 0 Å². The van der Waals surface area contributed by atoms with Crippen LogP contribution in [-0.4, -0.2) is 34.0 Å². The van der Waals surface area contributed by atoms with Crippen molar-refractivity contribution in [3.8, 4) is 5.69 Å². The standard InChI is InChI=1S/C14H16N4O2S3/c1-2-8-15-12(20)16-11(19)9-22-13-17-18(14(21)23-13)10-6-4-3-5-7-10/h3-7H,2,8-9H2,1H3,(H2,15,16,19,20). The van der Waals surface area contributed by atoms with Gasteiger partial charge >= 0.3 is 6.03 Å². The third-order valence-electron chi connectivity index (χ3n) is 2.65. The molecular weight excluding hydrogens is 352 g/mol. The van der Waals surface area contributed by atoms with Gasteiger partial charge < -0.3 is 5.32 Å². The van der Waals surface area contributed by atoms with E-state index >= 15 is 0 Å². The Morgan fingerprint density at radius 2 is 2.09 bits per heavy atom. The number of nitrogens with zero attached hydrogens (tertiary/aromatic N) is 2. The predicted molar refractivity (Wildman–Crippen MR) is 94.8 cm³/mol. The molecule has 2 rings (SSSR count). The zero-order valence-electron chi connectivity index (χ0n) is 12.4. The highest BCUT2D eigenvalue weighted by Crippen LogP contribution is 2.23. The van der Waals surface area contributed by atoms with E-state index < -0.39 is 6.03 Å². The highest BCUT2D eigenvalue weighted by atomic mass is 32.2. The van der Waals surface area contributed by atoms with Gasteiger partial charge in [-0.05, 0) is 30.8 Å². The second kappa shape index (κ2) is 8.80. The molecule has 0 aliphatic heterocycles. The van der Waals surface area contributed by atoms with Crippen LogP contribution in [0.2, 0.25) is 0 Å². The number of hydrogen-bond acceptors (Lipinski definition) is 6. The van der Waals surface area contributed by atoms with Gasteiger partial charge in [-0.15, -0.1) is 5.10 Å². The summed E-state index contributed by atoms with van der Waals surface area (Å²) in [6, 6.07) is 9.09. The highest BCUT2D eigenvalue weighted by Gasteiger charge is 2.11. The number of amides is 3. The van der Waals surface area contributed by atoms with Crippen molar-refractivity contribution in [1.29, 1.82) is 0 Å². The number of nitrogens with one attached hydrogen (secondary N) is 2. The summed E-state index contributed by atoms with van der Waals surface area (Å²) in [4.78, 5) is 23.1. The Balaban J connectivity index is 1.91. The average Bonchev–Trinajstić information content (AvgIpc) is 2.93. The van der Waals surface area contributed by atoms with Crippen molar-refractivity contribution in [2.75, 3.05) is 12.3 Å². The van der Waals surface area contributed by atoms with E-state index in [1.807, 2.05) is 37.3 Å². The van der Waals surface area contributed by atoms with Crippen LogP contribution < -0.4 is 10.6 Å². The van der Waals surface area contributed by atoms with E-state index in [1.165, 1.54) is 23.1 Å². The molecule has 1 heterocycles. The van der Waals surface area contributed by atoms with Crippen molar-refractivity contribution in [2.45, 2.75) is 17.7 Å². The fraction of sp³-hybridized carbons (Fsp3) is 0.286. The first-order valence-corrected chi connectivity index (χ1v) is 9.17. The summed E-state index contributed by atoms with van der Waals surface area (Å²) < 4.78 is 2.96. The minimum Gasteiger partial charge on any atom is -0.338 e. The Kier molecular flexibility index (Phi) is 6.75. The van der Waals surface area contributed by atoms with Crippen molar-refractivity contribution in [3.63, 3.8) is 0 Å². The molecule has 23 heavy (non-hydrogen) atoms. The summed E-state index contributed by atoms with van der Waals surface area (Å²) >= 11 is 7.88. The Bertz CT molecular complexity index is 727. The molecule has 1 aromatic heterocycles. The number of benzene rings is 1. The maximum atomic E-state index is 11.7. The van der Waals surface area contributed by atoms with E-state index in [2.05, 4.69) is 15.7 Å². The molecule has 0 saturated heterocycles. The maximum Gasteiger partial charge on any atom is 0.321 e. The first-order chi connectivity index (χ1) is 11.1. The topological polar surface area (TPSA) is 76.0 Å². The van der Waals surface area contributed by atoms with Crippen molar-refractivity contribution >= 4 is 47.3 Å². The number of para-hydroxylation sites is 1. The molecule has 3 amide bonds. The van der Waals surface area contributed by atoms with Gasteiger partial charge in [0.1, 0.15) is 0 Å². The van der Waals surface area contributed by atoms with Crippen LogP contribution >= 0.6 is 35.3 Å². The summed E-state index contributed by atoms with van der Waals surface area (Å²) in [6.07, 6.45) is 0.816. The molecule has 0 aliphatic carbocycles. The lowest BCUT2D eigenvalue weighted by atomic mass is 10.3. The largest absolute Gasteiger partial charge is 0.338 e. The predicted octanol–water partition coefficient (Wildman–Crippen LogP) is 2.99. The van der Waals surface area contributed by atoms with Gasteiger partial charge in [0.15, 0.2) is 8.29 Å². The molecule has 122 valence electrons. The van der Waals surface area contributed by atoms with Crippen LogP contribution in [-0.2, 0) is 4.79 Å². The van der Waals surface area contributed by atoms with E-state index in [0.717, 1.165) is 12.1 Å². The SMILES string of the molecule is CCCNC(=O)NC(=O)CSc1nn(-c2ccccc2)c(=S)s1. The summed E-state index contributed by atoms with van der Waals surface area (Å²) in [5.74, 6) is -0.257. The lowest BCUT2D eigenvalue weighted by molar-refractivity contribution is -0.117. The Morgan fingerprint density at radius 3 is 2.78 bits per heavy atom. The maximum absolute atomic E-state index is 11.7. The molecule has 6 nitrogen and oxygen atoms in total. The van der Waals surface area contributed by atoms with Gasteiger partial charge in [0.05, 0.1) is 11.4 Å². The van der Waals surface area contributed by atoms with Crippen LogP contribution in [0.5, 0.6) is 0 Å². The highest BCUT2D eigenvalue weighted by molar-refractivity contribution is 8.01. The fourth-order valence-electron chi connectivity index (χ4n) is 1.62. The van der Waals surface area contributed by atoms with Gasteiger partial charge in [-0.1, -0.05) is 48.2 Å². The molecule has 0 radical (unpaired) electrons. The number of aromatic nitrogens is 2. The minimum atomic E-state index is -0.472. The van der Waals surface area contributed by atoms with E-state index in [9.17, 15) is 9.59 Å². The Labute approximate surface area is 147 Å². The van der Waals surface area contributed by atoms with Crippen molar-refractivity contribution in [1.82, 2.24) is 20.4 Å².